The highest BCUT2D eigenvalue weighted by molar-refractivity contribution is 5.70. The average molecular weight is 347 g/mol. The lowest BCUT2D eigenvalue weighted by molar-refractivity contribution is 0.101. The second-order valence-electron chi connectivity index (χ2n) is 6.16. The lowest BCUT2D eigenvalue weighted by Gasteiger charge is -2.33. The number of hydrogen-bond acceptors (Lipinski definition) is 7. The molecule has 0 spiro atoms. The molecule has 130 valence electrons. The second kappa shape index (κ2) is 6.82. The van der Waals surface area contributed by atoms with Crippen molar-refractivity contribution in [3.8, 4) is 23.1 Å². The van der Waals surface area contributed by atoms with E-state index in [0.29, 0.717) is 11.6 Å². The molecule has 0 radical (unpaired) electrons. The number of ether oxygens (including phenoxy) is 1. The number of hydrogen-bond donors (Lipinski definition) is 3. The molecule has 1 aliphatic rings. The van der Waals surface area contributed by atoms with Crippen LogP contribution in [-0.2, 0) is 0 Å². The quantitative estimate of drug-likeness (QED) is 0.646. The maximum absolute atomic E-state index is 8.76. The Balaban J connectivity index is 1.51. The number of aromatic amines is 1. The number of para-hydroxylation sites is 1. The molecule has 8 nitrogen and oxygen atoms in total. The molecule has 0 saturated heterocycles. The third kappa shape index (κ3) is 3.34. The van der Waals surface area contributed by atoms with Gasteiger partial charge in [0.25, 0.3) is 0 Å². The number of H-pyrrole nitrogens is 1. The van der Waals surface area contributed by atoms with Gasteiger partial charge in [-0.15, -0.1) is 0 Å². The van der Waals surface area contributed by atoms with E-state index in [4.69, 9.17) is 15.7 Å². The van der Waals surface area contributed by atoms with Crippen LogP contribution in [0.2, 0.25) is 0 Å². The summed E-state index contributed by atoms with van der Waals surface area (Å²) in [4.78, 5) is 8.10. The molecular weight excluding hydrogens is 330 g/mol. The summed E-state index contributed by atoms with van der Waals surface area (Å²) in [5, 5.41) is 19.1. The van der Waals surface area contributed by atoms with E-state index in [9.17, 15) is 0 Å². The van der Waals surface area contributed by atoms with E-state index in [2.05, 4.69) is 25.5 Å². The molecule has 0 amide bonds. The van der Waals surface area contributed by atoms with Crippen LogP contribution in [-0.4, -0.2) is 32.3 Å². The highest BCUT2D eigenvalue weighted by Crippen LogP contribution is 2.33. The van der Waals surface area contributed by atoms with E-state index in [0.717, 1.165) is 29.8 Å². The fraction of sp³-hybridized carbons (Fsp3) is 0.222. The molecular formula is C18H17N7O. The Bertz CT molecular complexity index is 939. The number of nitrogens with two attached hydrogens (primary N) is 1. The Labute approximate surface area is 150 Å². The Hall–Kier alpha value is -3.44. The van der Waals surface area contributed by atoms with Crippen LogP contribution < -0.4 is 15.8 Å². The SMILES string of the molecule is N#Cc1cnc(Nc2cc(-c3ccccc3O[C@H]3C[C@H](N)C3)[nH]n2)cn1. The van der Waals surface area contributed by atoms with Crippen molar-refractivity contribution >= 4 is 11.6 Å². The molecule has 2 heterocycles. The third-order valence-corrected chi connectivity index (χ3v) is 4.20. The van der Waals surface area contributed by atoms with Gasteiger partial charge in [0.05, 0.1) is 18.1 Å². The minimum atomic E-state index is 0.167. The van der Waals surface area contributed by atoms with Crippen molar-refractivity contribution in [2.75, 3.05) is 5.32 Å². The molecule has 8 heteroatoms. The molecule has 1 aromatic carbocycles. The van der Waals surface area contributed by atoms with Gasteiger partial charge >= 0.3 is 0 Å². The van der Waals surface area contributed by atoms with Crippen molar-refractivity contribution in [2.24, 2.45) is 5.73 Å². The van der Waals surface area contributed by atoms with Gasteiger partial charge in [-0.1, -0.05) is 12.1 Å². The molecule has 0 atom stereocenters. The van der Waals surface area contributed by atoms with Gasteiger partial charge < -0.3 is 15.8 Å². The average Bonchev–Trinajstić information content (AvgIpc) is 3.10. The number of aromatic nitrogens is 4. The zero-order valence-electron chi connectivity index (χ0n) is 13.9. The molecule has 3 aromatic rings. The van der Waals surface area contributed by atoms with E-state index in [1.165, 1.54) is 12.4 Å². The monoisotopic (exact) mass is 347 g/mol. The van der Waals surface area contributed by atoms with E-state index in [1.807, 2.05) is 36.4 Å². The lowest BCUT2D eigenvalue weighted by atomic mass is 9.90. The molecule has 4 N–H and O–H groups in total. The molecule has 26 heavy (non-hydrogen) atoms. The van der Waals surface area contributed by atoms with E-state index < -0.39 is 0 Å². The summed E-state index contributed by atoms with van der Waals surface area (Å²) in [5.41, 5.74) is 7.85. The highest BCUT2D eigenvalue weighted by Gasteiger charge is 2.28. The lowest BCUT2D eigenvalue weighted by Crippen LogP contribution is -2.43. The van der Waals surface area contributed by atoms with Crippen LogP contribution in [0.5, 0.6) is 5.75 Å². The first-order valence-electron chi connectivity index (χ1n) is 8.27. The number of rotatable bonds is 5. The van der Waals surface area contributed by atoms with E-state index in [1.54, 1.807) is 0 Å². The standard InChI is InChI=1S/C18H17N7O/c19-8-12-9-22-18(10-21-12)23-17-7-15(24-25-17)14-3-1-2-4-16(14)26-13-5-11(20)6-13/h1-4,7,9-11,13H,5-6,20H2,(H2,22,23,24,25)/t11-,13-. The predicted octanol–water partition coefficient (Wildman–Crippen LogP) is 2.35. The topological polar surface area (TPSA) is 126 Å². The maximum Gasteiger partial charge on any atom is 0.158 e. The second-order valence-corrected chi connectivity index (χ2v) is 6.16. The van der Waals surface area contributed by atoms with E-state index in [-0.39, 0.29) is 17.8 Å². The molecule has 0 aliphatic heterocycles. The largest absolute Gasteiger partial charge is 0.490 e. The first kappa shape index (κ1) is 16.1. The first-order chi connectivity index (χ1) is 12.7. The number of anilines is 2. The van der Waals surface area contributed by atoms with Crippen molar-refractivity contribution in [1.82, 2.24) is 20.2 Å². The Morgan fingerprint density at radius 3 is 2.77 bits per heavy atom. The van der Waals surface area contributed by atoms with Crippen molar-refractivity contribution in [3.05, 3.63) is 48.4 Å². The van der Waals surface area contributed by atoms with Crippen molar-refractivity contribution in [1.29, 1.82) is 5.26 Å². The van der Waals surface area contributed by atoms with Crippen LogP contribution in [0.1, 0.15) is 18.5 Å². The fourth-order valence-corrected chi connectivity index (χ4v) is 2.78. The number of nitrogens with zero attached hydrogens (tertiary/aromatic N) is 4. The van der Waals surface area contributed by atoms with Crippen LogP contribution in [0.3, 0.4) is 0 Å². The van der Waals surface area contributed by atoms with Crippen LogP contribution in [0.25, 0.3) is 11.3 Å². The van der Waals surface area contributed by atoms with Gasteiger partial charge in [0.15, 0.2) is 11.5 Å². The number of benzene rings is 1. The highest BCUT2D eigenvalue weighted by atomic mass is 16.5. The van der Waals surface area contributed by atoms with Crippen molar-refractivity contribution in [3.63, 3.8) is 0 Å². The molecule has 1 aliphatic carbocycles. The van der Waals surface area contributed by atoms with E-state index >= 15 is 0 Å². The smallest absolute Gasteiger partial charge is 0.158 e. The molecule has 1 fully saturated rings. The van der Waals surface area contributed by atoms with Gasteiger partial charge in [-0.05, 0) is 25.0 Å². The normalized spacial score (nSPS) is 18.6. The van der Waals surface area contributed by atoms with Gasteiger partial charge in [0.1, 0.15) is 23.7 Å². The van der Waals surface area contributed by atoms with Gasteiger partial charge in [0.2, 0.25) is 0 Å². The van der Waals surface area contributed by atoms with Crippen molar-refractivity contribution < 1.29 is 4.74 Å². The summed E-state index contributed by atoms with van der Waals surface area (Å²) in [6.07, 6.45) is 4.82. The number of nitriles is 1. The maximum atomic E-state index is 8.76. The zero-order valence-corrected chi connectivity index (χ0v) is 13.9. The Kier molecular flexibility index (Phi) is 4.21. The minimum Gasteiger partial charge on any atom is -0.490 e. The summed E-state index contributed by atoms with van der Waals surface area (Å²) < 4.78 is 6.06. The van der Waals surface area contributed by atoms with Crippen LogP contribution in [0, 0.1) is 11.3 Å². The van der Waals surface area contributed by atoms with Crippen LogP contribution in [0.4, 0.5) is 11.6 Å². The van der Waals surface area contributed by atoms with Crippen LogP contribution >= 0.6 is 0 Å². The molecule has 1 saturated carbocycles. The van der Waals surface area contributed by atoms with Gasteiger partial charge in [-0.25, -0.2) is 9.97 Å². The Morgan fingerprint density at radius 1 is 1.19 bits per heavy atom. The molecule has 4 rings (SSSR count). The fourth-order valence-electron chi connectivity index (χ4n) is 2.78. The van der Waals surface area contributed by atoms with Gasteiger partial charge in [-0.2, -0.15) is 10.4 Å². The minimum absolute atomic E-state index is 0.167. The summed E-state index contributed by atoms with van der Waals surface area (Å²) in [6.45, 7) is 0. The summed E-state index contributed by atoms with van der Waals surface area (Å²) in [7, 11) is 0. The third-order valence-electron chi connectivity index (χ3n) is 4.20. The van der Waals surface area contributed by atoms with Gasteiger partial charge in [0, 0.05) is 17.7 Å². The molecule has 2 aromatic heterocycles. The van der Waals surface area contributed by atoms with Gasteiger partial charge in [-0.3, -0.25) is 5.10 Å². The molecule has 0 bridgehead atoms. The van der Waals surface area contributed by atoms with Crippen molar-refractivity contribution in [2.45, 2.75) is 25.0 Å². The summed E-state index contributed by atoms with van der Waals surface area (Å²) >= 11 is 0. The zero-order chi connectivity index (χ0) is 17.9. The first-order valence-corrected chi connectivity index (χ1v) is 8.27. The van der Waals surface area contributed by atoms with Crippen LogP contribution in [0.15, 0.2) is 42.7 Å². The molecule has 0 unspecified atom stereocenters. The summed E-state index contributed by atoms with van der Waals surface area (Å²) in [6, 6.07) is 11.9. The Morgan fingerprint density at radius 2 is 2.04 bits per heavy atom. The number of nitrogens with one attached hydrogen (secondary N) is 2. The predicted molar refractivity (Wildman–Crippen MR) is 95.7 cm³/mol. The summed E-state index contributed by atoms with van der Waals surface area (Å²) in [5.74, 6) is 1.91.